The molecule has 0 fully saturated rings. The molecule has 20 aromatic carbocycles. The van der Waals surface area contributed by atoms with Crippen LogP contribution < -0.4 is 0 Å². The molecule has 608 valence electrons. The number of fused-ring (bicyclic) bond motifs is 29. The van der Waals surface area contributed by atoms with Crippen LogP contribution in [-0.4, -0.2) is 36.5 Å². The van der Waals surface area contributed by atoms with E-state index in [0.29, 0.717) is 45.3 Å². The van der Waals surface area contributed by atoms with Gasteiger partial charge in [0.05, 0.1) is 135 Å². The fourth-order valence-corrected chi connectivity index (χ4v) is 22.2. The summed E-state index contributed by atoms with van der Waals surface area (Å²) in [5.74, 6) is 0. The largest absolute Gasteiger partial charge is 0.319 e. The molecule has 0 amide bonds. The van der Waals surface area contributed by atoms with Gasteiger partial charge in [-0.05, 0) is 191 Å². The zero-order valence-corrected chi connectivity index (χ0v) is 70.6. The van der Waals surface area contributed by atoms with E-state index in [1.165, 1.54) is 21.5 Å². The van der Waals surface area contributed by atoms with Gasteiger partial charge in [-0.2, -0.15) is 10.5 Å². The first kappa shape index (κ1) is 73.6. The van der Waals surface area contributed by atoms with Crippen LogP contribution in [0.1, 0.15) is 11.1 Å². The van der Waals surface area contributed by atoms with Gasteiger partial charge in [0, 0.05) is 109 Å². The van der Waals surface area contributed by atoms with Gasteiger partial charge in [-0.3, -0.25) is 0 Å². The highest BCUT2D eigenvalue weighted by Crippen LogP contribution is 2.50. The number of hydrogen-bond donors (Lipinski definition) is 0. The molecule has 0 bridgehead atoms. The minimum atomic E-state index is 0.455. The first-order valence-electron chi connectivity index (χ1n) is 44.2. The van der Waals surface area contributed by atoms with E-state index in [4.69, 9.17) is 13.1 Å². The number of aromatic nitrogens is 8. The normalized spacial score (nSPS) is 11.9. The maximum absolute atomic E-state index is 11.2. The number of rotatable bonds is 8. The average Bonchev–Trinajstić information content (AvgIpc) is 1.55. The summed E-state index contributed by atoms with van der Waals surface area (Å²) in [6, 6.07) is 150. The van der Waals surface area contributed by atoms with E-state index in [-0.39, 0.29) is 0 Å². The second-order valence-electron chi connectivity index (χ2n) is 34.2. The standard InChI is InChI=1S/2C60H34N6/c1-62-49-35-56(65-54-30-28-40(32-48(54)60-41-18-6-5-15-37(41)27-29-55(60)65)64-50-23-11-7-19-42(50)43-20-8-12-24-51(43)64)38(36-61)31-59(49)66-53-26-14-10-22-45(53)47-33-57-46(34-58(47)66)44-21-9-13-25-52(44)63(57)39-16-3-2-4-17-39;1-62-47-35-56(65-52-30-28-40(34-46(52)58-41-18-6-5-15-37(41)27-29-53(58)65)64-48-23-11-7-19-42(48)43-20-8-12-24-49(43)64)38(36-61)33-57(47)66-51-26-14-10-22-45(51)60-55(66)32-31-54-59(60)44-21-9-13-25-50(44)63(54)39-16-3-2-4-17-39/h2*2-35H. The molecule has 28 rings (SSSR count). The summed E-state index contributed by atoms with van der Waals surface area (Å²) < 4.78 is 18.1. The van der Waals surface area contributed by atoms with Crippen molar-refractivity contribution in [2.24, 2.45) is 0 Å². The predicted molar refractivity (Wildman–Crippen MR) is 545 cm³/mol. The first-order chi connectivity index (χ1) is 65.4. The molecular formula is C120H68N12. The summed E-state index contributed by atoms with van der Waals surface area (Å²) in [5, 5.41) is 45.1. The third-order valence-corrected chi connectivity index (χ3v) is 27.6. The van der Waals surface area contributed by atoms with Crippen molar-refractivity contribution >= 4 is 207 Å². The molecule has 0 radical (unpaired) electrons. The molecule has 0 unspecified atom stereocenters. The van der Waals surface area contributed by atoms with E-state index in [1.54, 1.807) is 0 Å². The van der Waals surface area contributed by atoms with Crippen molar-refractivity contribution in [3.8, 4) is 57.6 Å². The number of benzene rings is 20. The first-order valence-corrected chi connectivity index (χ1v) is 44.2. The van der Waals surface area contributed by atoms with Crippen molar-refractivity contribution < 1.29 is 0 Å². The molecule has 0 saturated carbocycles. The van der Waals surface area contributed by atoms with Crippen LogP contribution in [0.4, 0.5) is 11.4 Å². The molecule has 0 aliphatic carbocycles. The second-order valence-corrected chi connectivity index (χ2v) is 34.2. The van der Waals surface area contributed by atoms with Gasteiger partial charge < -0.3 is 36.5 Å². The Morgan fingerprint density at radius 1 is 0.174 bits per heavy atom. The molecule has 12 heteroatoms. The van der Waals surface area contributed by atoms with Gasteiger partial charge in [0.2, 0.25) is 11.4 Å². The van der Waals surface area contributed by atoms with Gasteiger partial charge in [0.1, 0.15) is 12.1 Å². The summed E-state index contributed by atoms with van der Waals surface area (Å²) in [6.45, 7) is 17.6. The lowest BCUT2D eigenvalue weighted by Gasteiger charge is -2.16. The monoisotopic (exact) mass is 1680 g/mol. The van der Waals surface area contributed by atoms with Crippen LogP contribution in [-0.2, 0) is 0 Å². The van der Waals surface area contributed by atoms with Gasteiger partial charge >= 0.3 is 0 Å². The molecule has 0 atom stereocenters. The Hall–Kier alpha value is -18.7. The van der Waals surface area contributed by atoms with Crippen molar-refractivity contribution in [1.82, 2.24) is 36.5 Å². The van der Waals surface area contributed by atoms with Crippen LogP contribution >= 0.6 is 0 Å². The smallest absolute Gasteiger partial charge is 0.212 e. The van der Waals surface area contributed by atoms with E-state index >= 15 is 0 Å². The number of hydrogen-bond acceptors (Lipinski definition) is 2. The summed E-state index contributed by atoms with van der Waals surface area (Å²) in [4.78, 5) is 8.51. The minimum absolute atomic E-state index is 0.455. The maximum atomic E-state index is 11.2. The fourth-order valence-electron chi connectivity index (χ4n) is 22.2. The maximum Gasteiger partial charge on any atom is 0.212 e. The van der Waals surface area contributed by atoms with Gasteiger partial charge in [0.25, 0.3) is 0 Å². The lowest BCUT2D eigenvalue weighted by Crippen LogP contribution is -2.02. The molecule has 0 spiro atoms. The molecular weight excluding hydrogens is 1610 g/mol. The zero-order valence-electron chi connectivity index (χ0n) is 70.6. The molecule has 8 heterocycles. The lowest BCUT2D eigenvalue weighted by atomic mass is 10.0. The van der Waals surface area contributed by atoms with E-state index in [0.717, 1.165) is 197 Å². The highest BCUT2D eigenvalue weighted by atomic mass is 15.1. The Balaban J connectivity index is 0.000000135. The second kappa shape index (κ2) is 28.4. The Labute approximate surface area is 753 Å². The summed E-state index contributed by atoms with van der Waals surface area (Å²) >= 11 is 0. The van der Waals surface area contributed by atoms with Crippen LogP contribution in [0.2, 0.25) is 0 Å². The van der Waals surface area contributed by atoms with Crippen molar-refractivity contribution in [3.05, 3.63) is 446 Å². The molecule has 132 heavy (non-hydrogen) atoms. The van der Waals surface area contributed by atoms with Crippen LogP contribution in [0.3, 0.4) is 0 Å². The summed E-state index contributed by atoms with van der Waals surface area (Å²) in [5.41, 5.74) is 25.6. The van der Waals surface area contributed by atoms with Crippen molar-refractivity contribution in [3.63, 3.8) is 0 Å². The van der Waals surface area contributed by atoms with Crippen LogP contribution in [0, 0.1) is 35.8 Å². The van der Waals surface area contributed by atoms with Crippen molar-refractivity contribution in [2.45, 2.75) is 0 Å². The average molecular weight is 1680 g/mol. The van der Waals surface area contributed by atoms with Crippen molar-refractivity contribution in [1.29, 1.82) is 10.5 Å². The zero-order chi connectivity index (χ0) is 87.2. The number of nitrogens with zero attached hydrogens (tertiary/aromatic N) is 12. The number of para-hydroxylation sites is 10. The molecule has 8 aromatic heterocycles. The van der Waals surface area contributed by atoms with Crippen LogP contribution in [0.5, 0.6) is 0 Å². The SMILES string of the molecule is [C-]#[N+]c1cc(-n2c3ccc(-n4c5ccccc5c5ccccc54)cc3c3c4ccccc4ccc32)c(C#N)cc1-n1c2ccccc2c2c3c4ccccc4n(-c4ccccc4)c3ccc21.[C-]#[N+]c1cc(-n2c3ccc(-n4c5ccccc5c5ccccc54)cc3c3c4ccccc4ccc32)c(C#N)cc1-n1c2ccccc2c2cc3c(cc21)c1ccccc1n3-c1ccccc1. The Kier molecular flexibility index (Phi) is 15.8. The highest BCUT2D eigenvalue weighted by Gasteiger charge is 2.29. The van der Waals surface area contributed by atoms with Gasteiger partial charge in [-0.25, -0.2) is 9.69 Å². The lowest BCUT2D eigenvalue weighted by molar-refractivity contribution is 1.14. The Morgan fingerprint density at radius 3 is 0.818 bits per heavy atom. The van der Waals surface area contributed by atoms with E-state index < -0.39 is 0 Å². The number of nitriles is 2. The minimum Gasteiger partial charge on any atom is -0.319 e. The fraction of sp³-hybridized carbons (Fsp3) is 0. The quantitative estimate of drug-likeness (QED) is 0.142. The van der Waals surface area contributed by atoms with E-state index in [2.05, 4.69) is 428 Å². The Bertz CT molecular complexity index is 9630. The van der Waals surface area contributed by atoms with Gasteiger partial charge in [-0.15, -0.1) is 0 Å². The topological polar surface area (TPSA) is 95.7 Å². The predicted octanol–water partition coefficient (Wildman–Crippen LogP) is 31.3. The highest BCUT2D eigenvalue weighted by molar-refractivity contribution is 6.30. The van der Waals surface area contributed by atoms with Crippen molar-refractivity contribution in [2.75, 3.05) is 0 Å². The Morgan fingerprint density at radius 2 is 0.432 bits per heavy atom. The summed E-state index contributed by atoms with van der Waals surface area (Å²) in [7, 11) is 0. The van der Waals surface area contributed by atoms with Gasteiger partial charge in [0.15, 0.2) is 0 Å². The van der Waals surface area contributed by atoms with E-state index in [9.17, 15) is 10.5 Å². The molecule has 0 N–H and O–H groups in total. The molecule has 12 nitrogen and oxygen atoms in total. The molecule has 28 aromatic rings. The molecule has 0 aliphatic rings. The van der Waals surface area contributed by atoms with Crippen LogP contribution in [0.25, 0.3) is 251 Å². The third kappa shape index (κ3) is 10.4. The van der Waals surface area contributed by atoms with E-state index in [1.807, 2.05) is 42.5 Å². The molecule has 0 saturated heterocycles. The van der Waals surface area contributed by atoms with Gasteiger partial charge in [-0.1, -0.05) is 243 Å². The van der Waals surface area contributed by atoms with Crippen LogP contribution in [0.15, 0.2) is 413 Å². The third-order valence-electron chi connectivity index (χ3n) is 27.6. The molecule has 0 aliphatic heterocycles. The summed E-state index contributed by atoms with van der Waals surface area (Å²) in [6.07, 6.45) is 0.